The Morgan fingerprint density at radius 3 is 3.06 bits per heavy atom. The van der Waals surface area contributed by atoms with Crippen molar-refractivity contribution in [3.05, 3.63) is 20.8 Å². The van der Waals surface area contributed by atoms with Gasteiger partial charge in [-0.3, -0.25) is 14.5 Å². The molecule has 1 atom stereocenters. The maximum Gasteiger partial charge on any atom is 0.237 e. The number of carbonyl (C=O) groups is 2. The summed E-state index contributed by atoms with van der Waals surface area (Å²) in [5.74, 6) is 0.0682. The Morgan fingerprint density at radius 1 is 1.65 bits per heavy atom. The van der Waals surface area contributed by atoms with Crippen LogP contribution in [0.2, 0.25) is 0 Å². The molecule has 0 aliphatic carbocycles. The fraction of sp³-hybridized carbons (Fsp3) is 0.455. The molecular formula is C11H13BrN2O2S. The lowest BCUT2D eigenvalue weighted by Crippen LogP contribution is -2.54. The number of hydrogen-bond acceptors (Lipinski definition) is 4. The lowest BCUT2D eigenvalue weighted by atomic mass is 10.2. The van der Waals surface area contributed by atoms with E-state index in [9.17, 15) is 9.59 Å². The summed E-state index contributed by atoms with van der Waals surface area (Å²) in [6.07, 6.45) is 0. The average Bonchev–Trinajstić information content (AvgIpc) is 2.72. The van der Waals surface area contributed by atoms with Crippen LogP contribution in [-0.2, 0) is 4.79 Å². The van der Waals surface area contributed by atoms with Gasteiger partial charge in [0, 0.05) is 13.1 Å². The molecule has 1 saturated heterocycles. The highest BCUT2D eigenvalue weighted by molar-refractivity contribution is 9.11. The lowest BCUT2D eigenvalue weighted by Gasteiger charge is -2.31. The standard InChI is InChI=1S/C11H13BrN2O2S/c1-7-11(16)13-4-5-14(7)6-8(15)9-2-3-10(12)17-9/h2-3,7H,4-6H2,1H3,(H,13,16). The summed E-state index contributed by atoms with van der Waals surface area (Å²) in [5, 5.41) is 2.78. The molecule has 1 amide bonds. The summed E-state index contributed by atoms with van der Waals surface area (Å²) in [6.45, 7) is 3.48. The van der Waals surface area contributed by atoms with Gasteiger partial charge in [0.2, 0.25) is 5.91 Å². The smallest absolute Gasteiger partial charge is 0.237 e. The first kappa shape index (κ1) is 12.7. The molecule has 4 nitrogen and oxygen atoms in total. The van der Waals surface area contributed by atoms with Crippen molar-refractivity contribution in [2.75, 3.05) is 19.6 Å². The van der Waals surface area contributed by atoms with Gasteiger partial charge in [0.25, 0.3) is 0 Å². The van der Waals surface area contributed by atoms with E-state index in [1.165, 1.54) is 11.3 Å². The van der Waals surface area contributed by atoms with E-state index >= 15 is 0 Å². The van der Waals surface area contributed by atoms with Gasteiger partial charge in [-0.1, -0.05) is 0 Å². The molecular weight excluding hydrogens is 304 g/mol. The normalized spacial score (nSPS) is 21.3. The molecule has 1 aromatic rings. The summed E-state index contributed by atoms with van der Waals surface area (Å²) >= 11 is 4.76. The molecule has 1 fully saturated rings. The summed E-state index contributed by atoms with van der Waals surface area (Å²) in [4.78, 5) is 26.1. The van der Waals surface area contributed by atoms with Crippen LogP contribution in [0.15, 0.2) is 15.9 Å². The molecule has 2 heterocycles. The van der Waals surface area contributed by atoms with E-state index in [0.717, 1.165) is 15.2 Å². The monoisotopic (exact) mass is 316 g/mol. The van der Waals surface area contributed by atoms with Crippen LogP contribution in [0.4, 0.5) is 0 Å². The summed E-state index contributed by atoms with van der Waals surface area (Å²) in [5.41, 5.74) is 0. The number of piperazine rings is 1. The molecule has 1 aromatic heterocycles. The molecule has 0 bridgehead atoms. The van der Waals surface area contributed by atoms with Crippen LogP contribution in [0.5, 0.6) is 0 Å². The van der Waals surface area contributed by atoms with Crippen LogP contribution in [-0.4, -0.2) is 42.3 Å². The molecule has 0 radical (unpaired) electrons. The van der Waals surface area contributed by atoms with E-state index < -0.39 is 0 Å². The second-order valence-corrected chi connectivity index (χ2v) is 6.43. The van der Waals surface area contributed by atoms with Gasteiger partial charge in [-0.2, -0.15) is 0 Å². The van der Waals surface area contributed by atoms with Crippen LogP contribution in [0.3, 0.4) is 0 Å². The fourth-order valence-corrected chi connectivity index (χ4v) is 3.09. The van der Waals surface area contributed by atoms with Crippen molar-refractivity contribution in [1.82, 2.24) is 10.2 Å². The Hall–Kier alpha value is -0.720. The predicted octanol–water partition coefficient (Wildman–Crippen LogP) is 1.51. The zero-order valence-electron chi connectivity index (χ0n) is 9.40. The van der Waals surface area contributed by atoms with E-state index in [0.29, 0.717) is 13.1 Å². The Kier molecular flexibility index (Phi) is 3.96. The van der Waals surface area contributed by atoms with Gasteiger partial charge < -0.3 is 5.32 Å². The van der Waals surface area contributed by atoms with Gasteiger partial charge in [0.1, 0.15) is 0 Å². The van der Waals surface area contributed by atoms with Crippen molar-refractivity contribution in [3.63, 3.8) is 0 Å². The first-order valence-electron chi connectivity index (χ1n) is 5.38. The Labute approximate surface area is 112 Å². The molecule has 0 saturated carbocycles. The Bertz CT molecular complexity index is 446. The number of Topliss-reactive ketones (excluding diaryl/α,β-unsaturated/α-hetero) is 1. The average molecular weight is 317 g/mol. The van der Waals surface area contributed by atoms with Gasteiger partial charge >= 0.3 is 0 Å². The van der Waals surface area contributed by atoms with Crippen molar-refractivity contribution in [1.29, 1.82) is 0 Å². The SMILES string of the molecule is CC1C(=O)NCCN1CC(=O)c1ccc(Br)s1. The van der Waals surface area contributed by atoms with E-state index in [1.807, 2.05) is 24.0 Å². The summed E-state index contributed by atoms with van der Waals surface area (Å²) < 4.78 is 0.949. The van der Waals surface area contributed by atoms with Crippen molar-refractivity contribution < 1.29 is 9.59 Å². The summed E-state index contributed by atoms with van der Waals surface area (Å²) in [7, 11) is 0. The topological polar surface area (TPSA) is 49.4 Å². The van der Waals surface area contributed by atoms with Crippen molar-refractivity contribution in [2.24, 2.45) is 0 Å². The second-order valence-electron chi connectivity index (χ2n) is 3.96. The Balaban J connectivity index is 2.01. The molecule has 6 heteroatoms. The van der Waals surface area contributed by atoms with E-state index in [2.05, 4.69) is 21.2 Å². The molecule has 1 N–H and O–H groups in total. The number of carbonyl (C=O) groups excluding carboxylic acids is 2. The fourth-order valence-electron chi connectivity index (χ4n) is 1.77. The van der Waals surface area contributed by atoms with E-state index in [-0.39, 0.29) is 17.7 Å². The van der Waals surface area contributed by atoms with Gasteiger partial charge in [-0.05, 0) is 35.0 Å². The Morgan fingerprint density at radius 2 is 2.41 bits per heavy atom. The van der Waals surface area contributed by atoms with Gasteiger partial charge in [0.05, 0.1) is 21.3 Å². The zero-order chi connectivity index (χ0) is 12.4. The third kappa shape index (κ3) is 2.94. The number of amides is 1. The number of nitrogens with one attached hydrogen (secondary N) is 1. The molecule has 1 unspecified atom stereocenters. The van der Waals surface area contributed by atoms with Gasteiger partial charge in [-0.25, -0.2) is 0 Å². The largest absolute Gasteiger partial charge is 0.353 e. The maximum atomic E-state index is 12.0. The third-order valence-corrected chi connectivity index (χ3v) is 4.48. The minimum atomic E-state index is -0.226. The van der Waals surface area contributed by atoms with Crippen LogP contribution in [0.25, 0.3) is 0 Å². The first-order chi connectivity index (χ1) is 8.08. The molecule has 17 heavy (non-hydrogen) atoms. The number of hydrogen-bond donors (Lipinski definition) is 1. The molecule has 0 aromatic carbocycles. The number of nitrogens with zero attached hydrogens (tertiary/aromatic N) is 1. The number of ketones is 1. The van der Waals surface area contributed by atoms with Crippen molar-refractivity contribution in [2.45, 2.75) is 13.0 Å². The first-order valence-corrected chi connectivity index (χ1v) is 6.99. The predicted molar refractivity (Wildman–Crippen MR) is 70.4 cm³/mol. The highest BCUT2D eigenvalue weighted by Gasteiger charge is 2.27. The highest BCUT2D eigenvalue weighted by atomic mass is 79.9. The summed E-state index contributed by atoms with van der Waals surface area (Å²) in [6, 6.07) is 3.45. The highest BCUT2D eigenvalue weighted by Crippen LogP contribution is 2.22. The van der Waals surface area contributed by atoms with Crippen molar-refractivity contribution in [3.8, 4) is 0 Å². The lowest BCUT2D eigenvalue weighted by molar-refractivity contribution is -0.127. The minimum absolute atomic E-state index is 0.00332. The number of halogens is 1. The maximum absolute atomic E-state index is 12.0. The second kappa shape index (κ2) is 5.29. The molecule has 1 aliphatic rings. The molecule has 0 spiro atoms. The van der Waals surface area contributed by atoms with Crippen LogP contribution >= 0.6 is 27.3 Å². The number of thiophene rings is 1. The zero-order valence-corrected chi connectivity index (χ0v) is 11.8. The molecule has 2 rings (SSSR count). The minimum Gasteiger partial charge on any atom is -0.353 e. The van der Waals surface area contributed by atoms with Gasteiger partial charge in [-0.15, -0.1) is 11.3 Å². The van der Waals surface area contributed by atoms with Gasteiger partial charge in [0.15, 0.2) is 5.78 Å². The number of rotatable bonds is 3. The van der Waals surface area contributed by atoms with E-state index in [4.69, 9.17) is 0 Å². The third-order valence-electron chi connectivity index (χ3n) is 2.82. The van der Waals surface area contributed by atoms with Crippen LogP contribution in [0, 0.1) is 0 Å². The van der Waals surface area contributed by atoms with Crippen LogP contribution in [0.1, 0.15) is 16.6 Å². The van der Waals surface area contributed by atoms with Crippen molar-refractivity contribution >= 4 is 39.0 Å². The molecule has 92 valence electrons. The van der Waals surface area contributed by atoms with E-state index in [1.54, 1.807) is 0 Å². The quantitative estimate of drug-likeness (QED) is 0.860. The molecule has 1 aliphatic heterocycles. The van der Waals surface area contributed by atoms with Crippen LogP contribution < -0.4 is 5.32 Å².